The molecule has 0 aromatic carbocycles. The summed E-state index contributed by atoms with van der Waals surface area (Å²) in [6.45, 7) is 4.43. The molecule has 0 fully saturated rings. The number of unbranched alkanes of at least 4 members (excludes halogenated alkanes) is 2. The van der Waals surface area contributed by atoms with Gasteiger partial charge in [-0.3, -0.25) is 0 Å². The number of hydrogen-bond acceptors (Lipinski definition) is 3. The lowest BCUT2D eigenvalue weighted by Crippen LogP contribution is -2.16. The summed E-state index contributed by atoms with van der Waals surface area (Å²) in [4.78, 5) is 8.19. The first-order valence-corrected chi connectivity index (χ1v) is 6.54. The van der Waals surface area contributed by atoms with Crippen molar-refractivity contribution in [1.82, 2.24) is 9.97 Å². The van der Waals surface area contributed by atoms with E-state index in [1.54, 1.807) is 6.33 Å². The summed E-state index contributed by atoms with van der Waals surface area (Å²) in [5.41, 5.74) is 0. The maximum absolute atomic E-state index is 4.22. The van der Waals surface area contributed by atoms with Crippen LogP contribution in [0, 0.1) is 3.57 Å². The highest BCUT2D eigenvalue weighted by Gasteiger charge is 2.05. The van der Waals surface area contributed by atoms with Gasteiger partial charge in [-0.15, -0.1) is 0 Å². The second-order valence-electron chi connectivity index (χ2n) is 3.76. The zero-order chi connectivity index (χ0) is 11.1. The first-order chi connectivity index (χ1) is 7.24. The fraction of sp³-hybridized carbons (Fsp3) is 0.636. The molecule has 15 heavy (non-hydrogen) atoms. The van der Waals surface area contributed by atoms with Gasteiger partial charge in [0.05, 0.1) is 3.57 Å². The fourth-order valence-electron chi connectivity index (χ4n) is 1.42. The average molecular weight is 319 g/mol. The Hall–Kier alpha value is -0.390. The molecule has 1 heterocycles. The second kappa shape index (κ2) is 6.98. The summed E-state index contributed by atoms with van der Waals surface area (Å²) in [5.74, 6) is 0.953. The van der Waals surface area contributed by atoms with Gasteiger partial charge >= 0.3 is 0 Å². The third kappa shape index (κ3) is 4.77. The van der Waals surface area contributed by atoms with Gasteiger partial charge in [-0.25, -0.2) is 9.97 Å². The van der Waals surface area contributed by atoms with E-state index in [1.165, 1.54) is 25.7 Å². The summed E-state index contributed by atoms with van der Waals surface area (Å²) >= 11 is 2.25. The van der Waals surface area contributed by atoms with Crippen molar-refractivity contribution in [1.29, 1.82) is 0 Å². The topological polar surface area (TPSA) is 37.8 Å². The Morgan fingerprint density at radius 1 is 1.47 bits per heavy atom. The number of rotatable bonds is 6. The minimum Gasteiger partial charge on any atom is -0.367 e. The molecule has 4 heteroatoms. The van der Waals surface area contributed by atoms with Crippen LogP contribution in [0.1, 0.15) is 39.5 Å². The normalized spacial score (nSPS) is 12.5. The zero-order valence-electron chi connectivity index (χ0n) is 9.33. The lowest BCUT2D eigenvalue weighted by Gasteiger charge is -2.14. The van der Waals surface area contributed by atoms with Crippen molar-refractivity contribution < 1.29 is 0 Å². The standard InChI is InChI=1S/C11H18IN3/c1-3-4-5-6-9(2)15-11-10(12)7-13-8-14-11/h7-9H,3-6H2,1-2H3,(H,13,14,15). The van der Waals surface area contributed by atoms with Crippen molar-refractivity contribution in [2.75, 3.05) is 5.32 Å². The highest BCUT2D eigenvalue weighted by molar-refractivity contribution is 14.1. The summed E-state index contributed by atoms with van der Waals surface area (Å²) in [6.07, 6.45) is 8.49. The van der Waals surface area contributed by atoms with Crippen LogP contribution in [0.2, 0.25) is 0 Å². The summed E-state index contributed by atoms with van der Waals surface area (Å²) < 4.78 is 1.08. The average Bonchev–Trinajstić information content (AvgIpc) is 2.22. The number of aromatic nitrogens is 2. The molecule has 0 aliphatic carbocycles. The number of nitrogens with zero attached hydrogens (tertiary/aromatic N) is 2. The summed E-state index contributed by atoms with van der Waals surface area (Å²) in [6, 6.07) is 0.486. The van der Waals surface area contributed by atoms with E-state index in [2.05, 4.69) is 51.7 Å². The Morgan fingerprint density at radius 3 is 2.93 bits per heavy atom. The third-order valence-electron chi connectivity index (χ3n) is 2.29. The molecule has 1 unspecified atom stereocenters. The van der Waals surface area contributed by atoms with Crippen LogP contribution in [-0.4, -0.2) is 16.0 Å². The molecule has 1 rings (SSSR count). The van der Waals surface area contributed by atoms with Crippen molar-refractivity contribution in [2.24, 2.45) is 0 Å². The Morgan fingerprint density at radius 2 is 2.27 bits per heavy atom. The number of nitrogens with one attached hydrogen (secondary N) is 1. The monoisotopic (exact) mass is 319 g/mol. The number of hydrogen-bond donors (Lipinski definition) is 1. The molecular weight excluding hydrogens is 301 g/mol. The predicted octanol–water partition coefficient (Wildman–Crippen LogP) is 3.46. The van der Waals surface area contributed by atoms with Gasteiger partial charge in [0.2, 0.25) is 0 Å². The van der Waals surface area contributed by atoms with Crippen LogP contribution in [0.25, 0.3) is 0 Å². The smallest absolute Gasteiger partial charge is 0.143 e. The van der Waals surface area contributed by atoms with Crippen LogP contribution in [-0.2, 0) is 0 Å². The lowest BCUT2D eigenvalue weighted by molar-refractivity contribution is 0.613. The van der Waals surface area contributed by atoms with E-state index in [0.29, 0.717) is 6.04 Å². The Labute approximate surface area is 105 Å². The predicted molar refractivity (Wildman–Crippen MR) is 72.0 cm³/mol. The molecule has 1 N–H and O–H groups in total. The first kappa shape index (κ1) is 12.7. The van der Waals surface area contributed by atoms with Crippen LogP contribution in [0.5, 0.6) is 0 Å². The van der Waals surface area contributed by atoms with Gasteiger partial charge < -0.3 is 5.32 Å². The fourth-order valence-corrected chi connectivity index (χ4v) is 1.88. The molecule has 0 saturated carbocycles. The Bertz CT molecular complexity index is 291. The lowest BCUT2D eigenvalue weighted by atomic mass is 10.1. The zero-order valence-corrected chi connectivity index (χ0v) is 11.5. The largest absolute Gasteiger partial charge is 0.367 e. The Kier molecular flexibility index (Phi) is 5.90. The minimum atomic E-state index is 0.486. The molecule has 84 valence electrons. The molecule has 0 spiro atoms. The van der Waals surface area contributed by atoms with E-state index in [1.807, 2.05) is 6.20 Å². The first-order valence-electron chi connectivity index (χ1n) is 5.46. The molecule has 0 radical (unpaired) electrons. The molecule has 1 atom stereocenters. The second-order valence-corrected chi connectivity index (χ2v) is 4.92. The molecule has 1 aromatic heterocycles. The van der Waals surface area contributed by atoms with Gasteiger partial charge in [0.1, 0.15) is 12.1 Å². The van der Waals surface area contributed by atoms with E-state index in [0.717, 1.165) is 9.39 Å². The molecule has 1 aromatic rings. The molecule has 0 saturated heterocycles. The van der Waals surface area contributed by atoms with Gasteiger partial charge in [-0.2, -0.15) is 0 Å². The molecule has 0 aliphatic heterocycles. The molecule has 0 amide bonds. The van der Waals surface area contributed by atoms with Crippen molar-refractivity contribution >= 4 is 28.4 Å². The van der Waals surface area contributed by atoms with Gasteiger partial charge in [0.25, 0.3) is 0 Å². The van der Waals surface area contributed by atoms with Crippen LogP contribution in [0.3, 0.4) is 0 Å². The quantitative estimate of drug-likeness (QED) is 0.644. The van der Waals surface area contributed by atoms with E-state index < -0.39 is 0 Å². The van der Waals surface area contributed by atoms with Crippen molar-refractivity contribution in [2.45, 2.75) is 45.6 Å². The van der Waals surface area contributed by atoms with Gasteiger partial charge in [-0.05, 0) is 35.9 Å². The van der Waals surface area contributed by atoms with Gasteiger partial charge in [-0.1, -0.05) is 26.2 Å². The van der Waals surface area contributed by atoms with Crippen molar-refractivity contribution in [3.8, 4) is 0 Å². The molecule has 3 nitrogen and oxygen atoms in total. The van der Waals surface area contributed by atoms with Crippen LogP contribution in [0.4, 0.5) is 5.82 Å². The third-order valence-corrected chi connectivity index (χ3v) is 3.08. The van der Waals surface area contributed by atoms with Crippen molar-refractivity contribution in [3.63, 3.8) is 0 Å². The molecule has 0 aliphatic rings. The number of halogens is 1. The van der Waals surface area contributed by atoms with Gasteiger partial charge in [0, 0.05) is 12.2 Å². The van der Waals surface area contributed by atoms with Crippen LogP contribution in [0.15, 0.2) is 12.5 Å². The van der Waals surface area contributed by atoms with E-state index in [4.69, 9.17) is 0 Å². The van der Waals surface area contributed by atoms with Crippen LogP contribution < -0.4 is 5.32 Å². The van der Waals surface area contributed by atoms with Crippen molar-refractivity contribution in [3.05, 3.63) is 16.1 Å². The number of anilines is 1. The Balaban J connectivity index is 2.37. The highest BCUT2D eigenvalue weighted by Crippen LogP contribution is 2.15. The van der Waals surface area contributed by atoms with Crippen LogP contribution >= 0.6 is 22.6 Å². The molecular formula is C11H18IN3. The van der Waals surface area contributed by atoms with E-state index in [9.17, 15) is 0 Å². The maximum atomic E-state index is 4.22. The van der Waals surface area contributed by atoms with E-state index >= 15 is 0 Å². The maximum Gasteiger partial charge on any atom is 0.143 e. The summed E-state index contributed by atoms with van der Waals surface area (Å²) in [5, 5.41) is 3.41. The van der Waals surface area contributed by atoms with Gasteiger partial charge in [0.15, 0.2) is 0 Å². The SMILES string of the molecule is CCCCCC(C)Nc1ncncc1I. The highest BCUT2D eigenvalue weighted by atomic mass is 127. The van der Waals surface area contributed by atoms with E-state index in [-0.39, 0.29) is 0 Å². The summed E-state index contributed by atoms with van der Waals surface area (Å²) in [7, 11) is 0. The minimum absolute atomic E-state index is 0.486. The molecule has 0 bridgehead atoms.